The summed E-state index contributed by atoms with van der Waals surface area (Å²) in [5.41, 5.74) is 2.75. The van der Waals surface area contributed by atoms with Crippen LogP contribution in [0, 0.1) is 13.8 Å². The van der Waals surface area contributed by atoms with Crippen molar-refractivity contribution in [1.82, 2.24) is 24.8 Å². The summed E-state index contributed by atoms with van der Waals surface area (Å²) in [4.78, 5) is 12.0. The fourth-order valence-electron chi connectivity index (χ4n) is 2.30. The van der Waals surface area contributed by atoms with E-state index in [1.807, 2.05) is 45.2 Å². The van der Waals surface area contributed by atoms with Crippen LogP contribution >= 0.6 is 0 Å². The number of benzene rings is 1. The molecule has 1 N–H and O–H groups in total. The molecule has 0 aliphatic heterocycles. The molecule has 25 heavy (non-hydrogen) atoms. The van der Waals surface area contributed by atoms with Gasteiger partial charge in [-0.2, -0.15) is 5.10 Å². The van der Waals surface area contributed by atoms with E-state index in [4.69, 9.17) is 4.74 Å². The lowest BCUT2D eigenvalue weighted by molar-refractivity contribution is -0.116. The van der Waals surface area contributed by atoms with Crippen LogP contribution in [0.3, 0.4) is 0 Å². The Morgan fingerprint density at radius 1 is 1.28 bits per heavy atom. The third kappa shape index (κ3) is 4.43. The van der Waals surface area contributed by atoms with Crippen molar-refractivity contribution in [3.05, 3.63) is 53.5 Å². The van der Waals surface area contributed by atoms with Gasteiger partial charge in [0.25, 0.3) is 0 Å². The summed E-state index contributed by atoms with van der Waals surface area (Å²) >= 11 is 0. The van der Waals surface area contributed by atoms with E-state index < -0.39 is 0 Å². The number of aryl methyl sites for hydroxylation is 3. The molecule has 8 heteroatoms. The van der Waals surface area contributed by atoms with Gasteiger partial charge >= 0.3 is 0 Å². The highest BCUT2D eigenvalue weighted by Gasteiger charge is 2.09. The van der Waals surface area contributed by atoms with E-state index in [0.717, 1.165) is 17.0 Å². The number of nitrogens with zero attached hydrogens (tertiary/aromatic N) is 5. The van der Waals surface area contributed by atoms with Gasteiger partial charge in [-0.1, -0.05) is 17.3 Å². The van der Waals surface area contributed by atoms with Gasteiger partial charge in [-0.3, -0.25) is 9.48 Å². The molecule has 0 saturated heterocycles. The van der Waals surface area contributed by atoms with Crippen molar-refractivity contribution in [2.45, 2.75) is 27.0 Å². The van der Waals surface area contributed by atoms with E-state index in [2.05, 4.69) is 20.7 Å². The number of hydrogen-bond donors (Lipinski definition) is 1. The van der Waals surface area contributed by atoms with Gasteiger partial charge in [0.15, 0.2) is 5.82 Å². The lowest BCUT2D eigenvalue weighted by atomic mass is 10.2. The first-order valence-corrected chi connectivity index (χ1v) is 7.88. The zero-order valence-corrected chi connectivity index (χ0v) is 14.4. The number of ether oxygens (including phenoxy) is 1. The number of nitrogens with one attached hydrogen (secondary N) is 1. The number of hydrogen-bond acceptors (Lipinski definition) is 5. The highest BCUT2D eigenvalue weighted by atomic mass is 16.5. The average molecular weight is 340 g/mol. The van der Waals surface area contributed by atoms with Crippen LogP contribution in [0.4, 0.5) is 5.82 Å². The third-order valence-electron chi connectivity index (χ3n) is 3.65. The van der Waals surface area contributed by atoms with Crippen molar-refractivity contribution in [2.75, 3.05) is 5.32 Å². The van der Waals surface area contributed by atoms with Crippen LogP contribution < -0.4 is 10.1 Å². The third-order valence-corrected chi connectivity index (χ3v) is 3.65. The van der Waals surface area contributed by atoms with Crippen LogP contribution in [0.5, 0.6) is 5.75 Å². The second-order valence-corrected chi connectivity index (χ2v) is 5.86. The number of carbonyl (C=O) groups is 1. The molecule has 0 fully saturated rings. The summed E-state index contributed by atoms with van der Waals surface area (Å²) in [7, 11) is 1.82. The molecule has 0 spiro atoms. The van der Waals surface area contributed by atoms with Crippen LogP contribution in [-0.2, 0) is 25.0 Å². The number of carbonyl (C=O) groups excluding carboxylic acids is 1. The van der Waals surface area contributed by atoms with Crippen LogP contribution in [0.1, 0.15) is 17.0 Å². The van der Waals surface area contributed by atoms with Gasteiger partial charge in [0.2, 0.25) is 5.91 Å². The quantitative estimate of drug-likeness (QED) is 0.740. The van der Waals surface area contributed by atoms with E-state index in [0.29, 0.717) is 18.1 Å². The molecule has 0 atom stereocenters. The SMILES string of the molecule is Cc1cccc(OCc2cn(CC(=O)Nc3cc(C)n(C)n3)nn2)c1. The van der Waals surface area contributed by atoms with Gasteiger partial charge < -0.3 is 10.1 Å². The normalized spacial score (nSPS) is 10.7. The molecule has 0 bridgehead atoms. The van der Waals surface area contributed by atoms with Gasteiger partial charge in [-0.15, -0.1) is 5.10 Å². The van der Waals surface area contributed by atoms with Gasteiger partial charge in [-0.25, -0.2) is 4.68 Å². The van der Waals surface area contributed by atoms with Crippen LogP contribution in [0.2, 0.25) is 0 Å². The topological polar surface area (TPSA) is 86.9 Å². The number of rotatable bonds is 6. The van der Waals surface area contributed by atoms with Crippen molar-refractivity contribution in [3.63, 3.8) is 0 Å². The predicted octanol–water partition coefficient (Wildman–Crippen LogP) is 1.85. The highest BCUT2D eigenvalue weighted by Crippen LogP contribution is 2.13. The Balaban J connectivity index is 1.53. The lowest BCUT2D eigenvalue weighted by Gasteiger charge is -2.04. The summed E-state index contributed by atoms with van der Waals surface area (Å²) in [6.07, 6.45) is 1.69. The van der Waals surface area contributed by atoms with Gasteiger partial charge in [0, 0.05) is 18.8 Å². The maximum atomic E-state index is 12.0. The molecule has 2 heterocycles. The predicted molar refractivity (Wildman–Crippen MR) is 92.1 cm³/mol. The molecule has 130 valence electrons. The van der Waals surface area contributed by atoms with Crippen LogP contribution in [-0.4, -0.2) is 30.7 Å². The fraction of sp³-hybridized carbons (Fsp3) is 0.294. The molecule has 2 aromatic heterocycles. The number of aromatic nitrogens is 5. The minimum Gasteiger partial charge on any atom is -0.487 e. The summed E-state index contributed by atoms with van der Waals surface area (Å²) in [5, 5.41) is 14.9. The Bertz CT molecular complexity index is 863. The maximum Gasteiger partial charge on any atom is 0.247 e. The Kier molecular flexibility index (Phi) is 4.78. The summed E-state index contributed by atoms with van der Waals surface area (Å²) in [6.45, 7) is 4.28. The first-order valence-electron chi connectivity index (χ1n) is 7.88. The zero-order valence-electron chi connectivity index (χ0n) is 14.4. The zero-order chi connectivity index (χ0) is 17.8. The largest absolute Gasteiger partial charge is 0.487 e. The summed E-state index contributed by atoms with van der Waals surface area (Å²) < 4.78 is 8.85. The molecule has 0 unspecified atom stereocenters. The minimum absolute atomic E-state index is 0.0626. The van der Waals surface area contributed by atoms with Crippen molar-refractivity contribution in [1.29, 1.82) is 0 Å². The van der Waals surface area contributed by atoms with Crippen LogP contribution in [0.25, 0.3) is 0 Å². The monoisotopic (exact) mass is 340 g/mol. The van der Waals surface area contributed by atoms with E-state index in [1.165, 1.54) is 4.68 Å². The minimum atomic E-state index is -0.214. The molecule has 3 aromatic rings. The van der Waals surface area contributed by atoms with E-state index >= 15 is 0 Å². The molecule has 3 rings (SSSR count). The Morgan fingerprint density at radius 2 is 2.12 bits per heavy atom. The first-order chi connectivity index (χ1) is 12.0. The van der Waals surface area contributed by atoms with Crippen molar-refractivity contribution in [3.8, 4) is 5.75 Å². The fourth-order valence-corrected chi connectivity index (χ4v) is 2.30. The molecular weight excluding hydrogens is 320 g/mol. The van der Waals surface area contributed by atoms with E-state index in [1.54, 1.807) is 16.9 Å². The Hall–Kier alpha value is -3.16. The second-order valence-electron chi connectivity index (χ2n) is 5.86. The van der Waals surface area contributed by atoms with Crippen molar-refractivity contribution >= 4 is 11.7 Å². The average Bonchev–Trinajstić information content (AvgIpc) is 3.12. The van der Waals surface area contributed by atoms with Gasteiger partial charge in [0.05, 0.1) is 6.20 Å². The number of anilines is 1. The van der Waals surface area contributed by atoms with Crippen molar-refractivity contribution in [2.24, 2.45) is 7.05 Å². The highest BCUT2D eigenvalue weighted by molar-refractivity contribution is 5.89. The smallest absolute Gasteiger partial charge is 0.247 e. The lowest BCUT2D eigenvalue weighted by Crippen LogP contribution is -2.19. The molecule has 8 nitrogen and oxygen atoms in total. The summed E-state index contributed by atoms with van der Waals surface area (Å²) in [6, 6.07) is 9.59. The molecule has 0 saturated carbocycles. The Morgan fingerprint density at radius 3 is 2.84 bits per heavy atom. The second kappa shape index (κ2) is 7.16. The molecule has 0 radical (unpaired) electrons. The standard InChI is InChI=1S/C17H20N6O2/c1-12-5-4-6-15(7-12)25-11-14-9-23(21-19-14)10-17(24)18-16-8-13(2)22(3)20-16/h4-9H,10-11H2,1-3H3,(H,18,20,24). The van der Waals surface area contributed by atoms with Gasteiger partial charge in [0.1, 0.15) is 24.6 Å². The first kappa shape index (κ1) is 16.7. The van der Waals surface area contributed by atoms with Crippen molar-refractivity contribution < 1.29 is 9.53 Å². The molecule has 1 aromatic carbocycles. The van der Waals surface area contributed by atoms with E-state index in [-0.39, 0.29) is 12.5 Å². The summed E-state index contributed by atoms with van der Waals surface area (Å²) in [5.74, 6) is 1.08. The van der Waals surface area contributed by atoms with E-state index in [9.17, 15) is 4.79 Å². The molecule has 0 aliphatic rings. The number of amides is 1. The van der Waals surface area contributed by atoms with Crippen LogP contribution in [0.15, 0.2) is 36.5 Å². The maximum absolute atomic E-state index is 12.0. The molecule has 0 aliphatic carbocycles. The molecular formula is C17H20N6O2. The van der Waals surface area contributed by atoms with Gasteiger partial charge in [-0.05, 0) is 31.5 Å². The Labute approximate surface area is 145 Å². The molecule has 1 amide bonds.